The Balaban J connectivity index is 2.15. The Bertz CT molecular complexity index is 428. The third kappa shape index (κ3) is 2.88. The maximum Gasteiger partial charge on any atom is 0.136 e. The second-order valence-corrected chi connectivity index (χ2v) is 7.70. The van der Waals surface area contributed by atoms with Gasteiger partial charge < -0.3 is 9.29 Å². The molecule has 2 atom stereocenters. The maximum atomic E-state index is 12.1. The molecule has 1 aliphatic heterocycles. The van der Waals surface area contributed by atoms with Crippen LogP contribution < -0.4 is 4.72 Å². The minimum atomic E-state index is -1.06. The van der Waals surface area contributed by atoms with Gasteiger partial charge in [-0.05, 0) is 44.4 Å². The van der Waals surface area contributed by atoms with Crippen LogP contribution >= 0.6 is 0 Å². The van der Waals surface area contributed by atoms with E-state index in [1.807, 2.05) is 26.8 Å². The number of ether oxygens (including phenoxy) is 1. The molecule has 1 aromatic carbocycles. The zero-order valence-electron chi connectivity index (χ0n) is 11.4. The number of fused-ring (bicyclic) bond motifs is 1. The average Bonchev–Trinajstić information content (AvgIpc) is 2.74. The summed E-state index contributed by atoms with van der Waals surface area (Å²) in [5.41, 5.74) is 3.70. The summed E-state index contributed by atoms with van der Waals surface area (Å²) in [5, 5.41) is 0. The van der Waals surface area contributed by atoms with Crippen LogP contribution in [0.5, 0.6) is 0 Å². The zero-order chi connectivity index (χ0) is 13.3. The van der Waals surface area contributed by atoms with Crippen LogP contribution in [0, 0.1) is 0 Å². The van der Waals surface area contributed by atoms with Crippen LogP contribution in [0.15, 0.2) is 18.2 Å². The predicted octanol–water partition coefficient (Wildman–Crippen LogP) is 2.83. The first-order chi connectivity index (χ1) is 8.39. The summed E-state index contributed by atoms with van der Waals surface area (Å²) in [4.78, 5) is 0. The molecule has 1 aromatic rings. The highest BCUT2D eigenvalue weighted by molar-refractivity contribution is 7.90. The summed E-state index contributed by atoms with van der Waals surface area (Å²) in [6.45, 7) is 9.33. The Kier molecular flexibility index (Phi) is 4.02. The number of rotatable bonds is 3. The topological polar surface area (TPSA) is 44.3 Å². The van der Waals surface area contributed by atoms with Crippen LogP contribution in [0.2, 0.25) is 0 Å². The Morgan fingerprint density at radius 2 is 2.06 bits per heavy atom. The second-order valence-electron chi connectivity index (χ2n) is 5.70. The number of nitrogens with one attached hydrogen (secondary N) is 1. The molecule has 0 bridgehead atoms. The van der Waals surface area contributed by atoms with Crippen LogP contribution in [0.25, 0.3) is 0 Å². The fourth-order valence-corrected chi connectivity index (χ4v) is 2.84. The van der Waals surface area contributed by atoms with E-state index < -0.39 is 11.4 Å². The fraction of sp³-hybridized carbons (Fsp3) is 0.571. The molecular formula is C14H21NO2S. The van der Waals surface area contributed by atoms with Crippen molar-refractivity contribution in [1.29, 1.82) is 0 Å². The van der Waals surface area contributed by atoms with Crippen LogP contribution in [-0.2, 0) is 29.3 Å². The molecular weight excluding hydrogens is 246 g/mol. The molecule has 0 aliphatic carbocycles. The van der Waals surface area contributed by atoms with Gasteiger partial charge in [0.1, 0.15) is 4.75 Å². The molecule has 0 saturated carbocycles. The van der Waals surface area contributed by atoms with E-state index in [0.717, 1.165) is 0 Å². The van der Waals surface area contributed by atoms with Gasteiger partial charge in [-0.3, -0.25) is 0 Å². The Hall–Kier alpha value is -0.550. The van der Waals surface area contributed by atoms with Crippen LogP contribution in [0.3, 0.4) is 0 Å². The van der Waals surface area contributed by atoms with E-state index in [0.29, 0.717) is 13.2 Å². The first kappa shape index (κ1) is 13.9. The predicted molar refractivity (Wildman–Crippen MR) is 74.4 cm³/mol. The lowest BCUT2D eigenvalue weighted by atomic mass is 9.99. The average molecular weight is 267 g/mol. The fourth-order valence-electron chi connectivity index (χ4n) is 2.04. The Labute approximate surface area is 112 Å². The summed E-state index contributed by atoms with van der Waals surface area (Å²) >= 11 is -1.06. The molecule has 1 N–H and O–H groups in total. The minimum absolute atomic E-state index is 0.0710. The molecule has 0 aromatic heterocycles. The molecule has 100 valence electrons. The van der Waals surface area contributed by atoms with E-state index in [4.69, 9.17) is 4.74 Å². The van der Waals surface area contributed by atoms with E-state index >= 15 is 0 Å². The van der Waals surface area contributed by atoms with Crippen molar-refractivity contribution in [1.82, 2.24) is 4.72 Å². The molecule has 0 fully saturated rings. The third-order valence-electron chi connectivity index (χ3n) is 3.12. The summed E-state index contributed by atoms with van der Waals surface area (Å²) in [5.74, 6) is 0. The van der Waals surface area contributed by atoms with Gasteiger partial charge in [0.05, 0.1) is 19.3 Å². The van der Waals surface area contributed by atoms with Gasteiger partial charge in [-0.2, -0.15) is 0 Å². The van der Waals surface area contributed by atoms with Crippen molar-refractivity contribution in [3.63, 3.8) is 0 Å². The van der Waals surface area contributed by atoms with Gasteiger partial charge in [-0.25, -0.2) is 0 Å². The molecule has 0 amide bonds. The van der Waals surface area contributed by atoms with Crippen molar-refractivity contribution in [3.8, 4) is 0 Å². The summed E-state index contributed by atoms with van der Waals surface area (Å²) < 4.78 is 20.5. The summed E-state index contributed by atoms with van der Waals surface area (Å²) in [6.07, 6.45) is 0. The SMILES string of the molecule is CC(N[S@+]([O-])C(C)(C)C)c1cccc2c1COC2. The maximum absolute atomic E-state index is 12.1. The largest absolute Gasteiger partial charge is 0.598 e. The first-order valence-electron chi connectivity index (χ1n) is 6.26. The van der Waals surface area contributed by atoms with Crippen molar-refractivity contribution in [2.45, 2.75) is 51.7 Å². The lowest BCUT2D eigenvalue weighted by Gasteiger charge is -2.27. The molecule has 4 heteroatoms. The van der Waals surface area contributed by atoms with Gasteiger partial charge in [0, 0.05) is 11.4 Å². The van der Waals surface area contributed by atoms with Gasteiger partial charge in [0.2, 0.25) is 0 Å². The smallest absolute Gasteiger partial charge is 0.136 e. The minimum Gasteiger partial charge on any atom is -0.598 e. The van der Waals surface area contributed by atoms with Crippen molar-refractivity contribution in [2.75, 3.05) is 0 Å². The summed E-state index contributed by atoms with van der Waals surface area (Å²) in [7, 11) is 0. The lowest BCUT2D eigenvalue weighted by Crippen LogP contribution is -2.40. The van der Waals surface area contributed by atoms with Crippen LogP contribution in [-0.4, -0.2) is 9.30 Å². The number of hydrogen-bond acceptors (Lipinski definition) is 3. The van der Waals surface area contributed by atoms with Gasteiger partial charge in [-0.15, -0.1) is 4.72 Å². The van der Waals surface area contributed by atoms with E-state index in [2.05, 4.69) is 23.8 Å². The van der Waals surface area contributed by atoms with Crippen LogP contribution in [0.1, 0.15) is 50.4 Å². The lowest BCUT2D eigenvalue weighted by molar-refractivity contribution is 0.134. The highest BCUT2D eigenvalue weighted by Gasteiger charge is 2.29. The Morgan fingerprint density at radius 3 is 2.72 bits per heavy atom. The van der Waals surface area contributed by atoms with E-state index in [9.17, 15) is 4.55 Å². The highest BCUT2D eigenvalue weighted by Crippen LogP contribution is 2.28. The Morgan fingerprint density at radius 1 is 1.33 bits per heavy atom. The zero-order valence-corrected chi connectivity index (χ0v) is 12.3. The molecule has 1 aliphatic rings. The molecule has 18 heavy (non-hydrogen) atoms. The molecule has 3 nitrogen and oxygen atoms in total. The third-order valence-corrected chi connectivity index (χ3v) is 4.80. The highest BCUT2D eigenvalue weighted by atomic mass is 32.2. The first-order valence-corrected chi connectivity index (χ1v) is 7.41. The van der Waals surface area contributed by atoms with Crippen molar-refractivity contribution in [3.05, 3.63) is 34.9 Å². The second kappa shape index (κ2) is 5.21. The van der Waals surface area contributed by atoms with Gasteiger partial charge in [-0.1, -0.05) is 18.2 Å². The molecule has 0 spiro atoms. The van der Waals surface area contributed by atoms with E-state index in [1.165, 1.54) is 16.7 Å². The molecule has 1 heterocycles. The molecule has 0 saturated heterocycles. The number of hydrogen-bond donors (Lipinski definition) is 1. The summed E-state index contributed by atoms with van der Waals surface area (Å²) in [6, 6.07) is 6.30. The van der Waals surface area contributed by atoms with Crippen molar-refractivity contribution in [2.24, 2.45) is 0 Å². The van der Waals surface area contributed by atoms with Gasteiger partial charge in [0.25, 0.3) is 0 Å². The normalized spacial score (nSPS) is 18.5. The monoisotopic (exact) mass is 267 g/mol. The number of benzene rings is 1. The van der Waals surface area contributed by atoms with Gasteiger partial charge >= 0.3 is 0 Å². The van der Waals surface area contributed by atoms with Crippen molar-refractivity contribution < 1.29 is 9.29 Å². The van der Waals surface area contributed by atoms with E-state index in [-0.39, 0.29) is 10.8 Å². The quantitative estimate of drug-likeness (QED) is 0.856. The van der Waals surface area contributed by atoms with Crippen molar-refractivity contribution >= 4 is 11.4 Å². The standard InChI is InChI=1S/C14H21NO2S/c1-10(15-18(16)14(2,3)4)12-7-5-6-11-8-17-9-13(11)12/h5-7,10,15H,8-9H2,1-4H3/t10?,18-/m1/s1. The van der Waals surface area contributed by atoms with E-state index in [1.54, 1.807) is 0 Å². The van der Waals surface area contributed by atoms with Gasteiger partial charge in [0.15, 0.2) is 0 Å². The molecule has 1 unspecified atom stereocenters. The van der Waals surface area contributed by atoms with Crippen LogP contribution in [0.4, 0.5) is 0 Å². The molecule has 2 rings (SSSR count). The molecule has 0 radical (unpaired) electrons.